The van der Waals surface area contributed by atoms with Crippen LogP contribution in [0, 0.1) is 0 Å². The summed E-state index contributed by atoms with van der Waals surface area (Å²) in [5.74, 6) is 0. The van der Waals surface area contributed by atoms with E-state index in [-0.39, 0.29) is 0 Å². The molecule has 0 atom stereocenters. The van der Waals surface area contributed by atoms with E-state index in [4.69, 9.17) is 0 Å². The van der Waals surface area contributed by atoms with Gasteiger partial charge in [-0.1, -0.05) is 11.6 Å². The number of rotatable bonds is 0. The van der Waals surface area contributed by atoms with Crippen LogP contribution in [0.15, 0.2) is 28.9 Å². The van der Waals surface area contributed by atoms with E-state index in [1.807, 2.05) is 13.1 Å². The van der Waals surface area contributed by atoms with Crippen LogP contribution in [0.2, 0.25) is 0 Å². The predicted octanol–water partition coefficient (Wildman–Crippen LogP) is 3.09. The van der Waals surface area contributed by atoms with Gasteiger partial charge in [0.25, 0.3) is 0 Å². The molecular formula is C10H15N. The van der Waals surface area contributed by atoms with Gasteiger partial charge in [-0.2, -0.15) is 0 Å². The molecule has 1 aliphatic heterocycles. The largest absolute Gasteiger partial charge is 0.262 e. The summed E-state index contributed by atoms with van der Waals surface area (Å²) in [4.78, 5) is 4.29. The lowest BCUT2D eigenvalue weighted by molar-refractivity contribution is 0.832. The Hall–Kier alpha value is -0.850. The van der Waals surface area contributed by atoms with Gasteiger partial charge in [-0.3, -0.25) is 4.99 Å². The molecule has 0 aromatic heterocycles. The molecule has 0 saturated heterocycles. The fourth-order valence-electron chi connectivity index (χ4n) is 1.07. The standard InChI is InChI=1S/C10H15N/c1-9-6-4-3-5-7-10(2)11-8-9/h5,7-8H,3-4,6H2,1-2H3/b7-5-,9-8-,11-10+. The molecule has 0 radical (unpaired) electrons. The average molecular weight is 149 g/mol. The minimum Gasteiger partial charge on any atom is -0.262 e. The smallest absolute Gasteiger partial charge is 0.0369 e. The highest BCUT2D eigenvalue weighted by atomic mass is 14.7. The molecule has 0 fully saturated rings. The number of hydrogen-bond donors (Lipinski definition) is 0. The van der Waals surface area contributed by atoms with Gasteiger partial charge in [-0.25, -0.2) is 0 Å². The Morgan fingerprint density at radius 2 is 2.18 bits per heavy atom. The number of hydrogen-bond acceptors (Lipinski definition) is 1. The molecule has 0 unspecified atom stereocenters. The highest BCUT2D eigenvalue weighted by Crippen LogP contribution is 2.08. The van der Waals surface area contributed by atoms with Gasteiger partial charge < -0.3 is 0 Å². The first-order valence-electron chi connectivity index (χ1n) is 4.15. The molecule has 1 heterocycles. The van der Waals surface area contributed by atoms with Gasteiger partial charge in [0.2, 0.25) is 0 Å². The van der Waals surface area contributed by atoms with Crippen molar-refractivity contribution in [1.82, 2.24) is 0 Å². The lowest BCUT2D eigenvalue weighted by Crippen LogP contribution is -1.80. The lowest BCUT2D eigenvalue weighted by Gasteiger charge is -1.94. The fourth-order valence-corrected chi connectivity index (χ4v) is 1.07. The second-order valence-electron chi connectivity index (χ2n) is 3.04. The Morgan fingerprint density at radius 1 is 1.36 bits per heavy atom. The quantitative estimate of drug-likeness (QED) is 0.502. The van der Waals surface area contributed by atoms with Crippen LogP contribution >= 0.6 is 0 Å². The molecule has 11 heavy (non-hydrogen) atoms. The van der Waals surface area contributed by atoms with E-state index in [1.165, 1.54) is 24.8 Å². The van der Waals surface area contributed by atoms with E-state index in [0.29, 0.717) is 0 Å². The van der Waals surface area contributed by atoms with E-state index < -0.39 is 0 Å². The summed E-state index contributed by atoms with van der Waals surface area (Å²) >= 11 is 0. The second kappa shape index (κ2) is 4.12. The Bertz CT molecular complexity index is 209. The van der Waals surface area contributed by atoms with Crippen molar-refractivity contribution in [2.45, 2.75) is 33.1 Å². The number of allylic oxidation sites excluding steroid dienone is 3. The summed E-state index contributed by atoms with van der Waals surface area (Å²) in [6, 6.07) is 0. The molecule has 0 amide bonds. The van der Waals surface area contributed by atoms with Crippen LogP contribution in [0.5, 0.6) is 0 Å². The first-order valence-corrected chi connectivity index (χ1v) is 4.15. The number of nitrogens with zero attached hydrogens (tertiary/aromatic N) is 1. The summed E-state index contributed by atoms with van der Waals surface area (Å²) in [5.41, 5.74) is 2.49. The van der Waals surface area contributed by atoms with Crippen LogP contribution in [0.1, 0.15) is 33.1 Å². The van der Waals surface area contributed by atoms with Gasteiger partial charge in [0, 0.05) is 11.9 Å². The molecule has 1 rings (SSSR count). The fraction of sp³-hybridized carbons (Fsp3) is 0.500. The normalized spacial score (nSPS) is 31.8. The van der Waals surface area contributed by atoms with Crippen LogP contribution in [-0.4, -0.2) is 5.71 Å². The molecular weight excluding hydrogens is 134 g/mol. The molecule has 0 bridgehead atoms. The van der Waals surface area contributed by atoms with Crippen molar-refractivity contribution in [1.29, 1.82) is 0 Å². The van der Waals surface area contributed by atoms with Gasteiger partial charge in [0.1, 0.15) is 0 Å². The molecule has 0 spiro atoms. The zero-order valence-electron chi connectivity index (χ0n) is 7.30. The van der Waals surface area contributed by atoms with Crippen LogP contribution in [-0.2, 0) is 0 Å². The van der Waals surface area contributed by atoms with Gasteiger partial charge in [-0.15, -0.1) is 0 Å². The second-order valence-corrected chi connectivity index (χ2v) is 3.04. The first kappa shape index (κ1) is 8.25. The van der Waals surface area contributed by atoms with Gasteiger partial charge in [0.15, 0.2) is 0 Å². The molecule has 0 aromatic rings. The minimum absolute atomic E-state index is 1.10. The molecule has 1 aliphatic rings. The molecule has 0 aliphatic carbocycles. The van der Waals surface area contributed by atoms with Crippen LogP contribution in [0.4, 0.5) is 0 Å². The van der Waals surface area contributed by atoms with E-state index in [0.717, 1.165) is 5.71 Å². The summed E-state index contributed by atoms with van der Waals surface area (Å²) < 4.78 is 0. The van der Waals surface area contributed by atoms with Gasteiger partial charge in [-0.05, 0) is 39.2 Å². The van der Waals surface area contributed by atoms with Gasteiger partial charge in [0.05, 0.1) is 0 Å². The maximum Gasteiger partial charge on any atom is 0.0369 e. The minimum atomic E-state index is 1.10. The highest BCUT2D eigenvalue weighted by Gasteiger charge is 1.91. The van der Waals surface area contributed by atoms with E-state index in [1.54, 1.807) is 0 Å². The molecule has 0 aromatic carbocycles. The van der Waals surface area contributed by atoms with Crippen molar-refractivity contribution in [3.63, 3.8) is 0 Å². The Morgan fingerprint density at radius 3 is 3.00 bits per heavy atom. The van der Waals surface area contributed by atoms with Crippen molar-refractivity contribution >= 4 is 5.71 Å². The first-order chi connectivity index (χ1) is 5.29. The maximum atomic E-state index is 4.29. The van der Waals surface area contributed by atoms with Crippen molar-refractivity contribution in [3.05, 3.63) is 23.9 Å². The van der Waals surface area contributed by atoms with Crippen molar-refractivity contribution in [3.8, 4) is 0 Å². The lowest BCUT2D eigenvalue weighted by atomic mass is 10.1. The molecule has 60 valence electrons. The average Bonchev–Trinajstić information content (AvgIpc) is 2.06. The predicted molar refractivity (Wildman–Crippen MR) is 49.9 cm³/mol. The molecule has 1 heteroatoms. The summed E-state index contributed by atoms with van der Waals surface area (Å²) in [6.45, 7) is 4.17. The monoisotopic (exact) mass is 149 g/mol. The van der Waals surface area contributed by atoms with Crippen LogP contribution in [0.3, 0.4) is 0 Å². The van der Waals surface area contributed by atoms with Crippen molar-refractivity contribution in [2.24, 2.45) is 4.99 Å². The Balaban J connectivity index is 2.72. The zero-order chi connectivity index (χ0) is 8.10. The summed E-state index contributed by atoms with van der Waals surface area (Å²) in [6.07, 6.45) is 9.88. The molecule has 0 saturated carbocycles. The van der Waals surface area contributed by atoms with E-state index in [2.05, 4.69) is 24.1 Å². The third-order valence-electron chi connectivity index (χ3n) is 1.79. The zero-order valence-corrected chi connectivity index (χ0v) is 7.30. The van der Waals surface area contributed by atoms with E-state index >= 15 is 0 Å². The Kier molecular flexibility index (Phi) is 3.09. The van der Waals surface area contributed by atoms with Crippen LogP contribution in [0.25, 0.3) is 0 Å². The summed E-state index contributed by atoms with van der Waals surface area (Å²) in [7, 11) is 0. The SMILES string of the molecule is C/C1=C/N=C(C)/C=C\CCC1. The molecule has 0 N–H and O–H groups in total. The van der Waals surface area contributed by atoms with Crippen LogP contribution < -0.4 is 0 Å². The van der Waals surface area contributed by atoms with E-state index in [9.17, 15) is 0 Å². The molecule has 1 nitrogen and oxygen atoms in total. The summed E-state index contributed by atoms with van der Waals surface area (Å²) in [5, 5.41) is 0. The third-order valence-corrected chi connectivity index (χ3v) is 1.79. The van der Waals surface area contributed by atoms with Crippen molar-refractivity contribution in [2.75, 3.05) is 0 Å². The third kappa shape index (κ3) is 3.17. The topological polar surface area (TPSA) is 12.4 Å². The Labute approximate surface area is 68.5 Å². The van der Waals surface area contributed by atoms with Gasteiger partial charge >= 0.3 is 0 Å². The maximum absolute atomic E-state index is 4.29. The van der Waals surface area contributed by atoms with Crippen molar-refractivity contribution < 1.29 is 0 Å². The highest BCUT2D eigenvalue weighted by molar-refractivity contribution is 5.93. The number of aliphatic imine (C=N–C) groups is 1.